The molecule has 3 nitrogen and oxygen atoms in total. The minimum absolute atomic E-state index is 0.0557. The summed E-state index contributed by atoms with van der Waals surface area (Å²) in [5.74, 6) is 5.53. The first-order valence-electron chi connectivity index (χ1n) is 14.2. The maximum Gasteiger partial charge on any atom is 0.302 e. The Kier molecular flexibility index (Phi) is 7.12. The van der Waals surface area contributed by atoms with Crippen molar-refractivity contribution in [1.82, 2.24) is 0 Å². The van der Waals surface area contributed by atoms with Crippen LogP contribution in [0, 0.1) is 58.2 Å². The van der Waals surface area contributed by atoms with Crippen molar-refractivity contribution in [2.24, 2.45) is 58.2 Å². The van der Waals surface area contributed by atoms with Crippen molar-refractivity contribution < 1.29 is 14.3 Å². The third-order valence-electron chi connectivity index (χ3n) is 11.7. The predicted octanol–water partition coefficient (Wildman–Crippen LogP) is 7.46. The smallest absolute Gasteiger partial charge is 0.302 e. The molecule has 0 aromatic carbocycles. The highest BCUT2D eigenvalue weighted by atomic mass is 16.5. The predicted molar refractivity (Wildman–Crippen MR) is 134 cm³/mol. The molecule has 0 amide bonds. The zero-order valence-corrected chi connectivity index (χ0v) is 22.5. The van der Waals surface area contributed by atoms with Gasteiger partial charge in [0, 0.05) is 19.3 Å². The molecule has 0 saturated heterocycles. The Balaban J connectivity index is 1.48. The second-order valence-corrected chi connectivity index (χ2v) is 13.6. The van der Waals surface area contributed by atoms with Crippen LogP contribution in [0.3, 0.4) is 0 Å². The second-order valence-electron chi connectivity index (χ2n) is 13.6. The number of esters is 1. The Morgan fingerprint density at radius 3 is 2.30 bits per heavy atom. The number of ether oxygens (including phenoxy) is 1. The molecule has 0 bridgehead atoms. The number of Topliss-reactive ketones (excluding diaryl/α,β-unsaturated/α-hetero) is 1. The molecule has 10 atom stereocenters. The van der Waals surface area contributed by atoms with E-state index in [4.69, 9.17) is 4.74 Å². The summed E-state index contributed by atoms with van der Waals surface area (Å²) in [5.41, 5.74) is 0.522. The Morgan fingerprint density at radius 2 is 1.64 bits per heavy atom. The molecule has 0 N–H and O–H groups in total. The Morgan fingerprint density at radius 1 is 0.970 bits per heavy atom. The van der Waals surface area contributed by atoms with Crippen molar-refractivity contribution in [3.8, 4) is 0 Å². The van der Waals surface area contributed by atoms with Crippen molar-refractivity contribution >= 4 is 11.8 Å². The van der Waals surface area contributed by atoms with Gasteiger partial charge in [0.1, 0.15) is 11.9 Å². The molecule has 4 aliphatic rings. The lowest BCUT2D eigenvalue weighted by molar-refractivity contribution is -0.169. The summed E-state index contributed by atoms with van der Waals surface area (Å²) in [6.45, 7) is 16.2. The summed E-state index contributed by atoms with van der Waals surface area (Å²) in [4.78, 5) is 25.0. The van der Waals surface area contributed by atoms with Crippen LogP contribution in [0.2, 0.25) is 0 Å². The van der Waals surface area contributed by atoms with Gasteiger partial charge in [-0.25, -0.2) is 0 Å². The SMILES string of the molecule is CC(=O)O[C@@H]1CC[C@]2(C)[C@H](C1)C(=O)C[C@H]1[C@@H]2CC[C@]2(C)[C@@H]([C@H](C)CC[C@H](C)C(C)C)CC[C@@H]12. The van der Waals surface area contributed by atoms with Crippen molar-refractivity contribution in [2.45, 2.75) is 119 Å². The van der Waals surface area contributed by atoms with Crippen LogP contribution >= 0.6 is 0 Å². The maximum absolute atomic E-state index is 13.5. The Labute approximate surface area is 203 Å². The van der Waals surface area contributed by atoms with E-state index in [0.717, 1.165) is 55.3 Å². The molecule has 3 heteroatoms. The first-order valence-corrected chi connectivity index (χ1v) is 14.2. The summed E-state index contributed by atoms with van der Waals surface area (Å²) in [6.07, 6.45) is 11.5. The van der Waals surface area contributed by atoms with Crippen molar-refractivity contribution in [3.63, 3.8) is 0 Å². The molecular formula is C30H50O3. The third-order valence-corrected chi connectivity index (χ3v) is 11.7. The van der Waals surface area contributed by atoms with E-state index in [0.29, 0.717) is 23.0 Å². The summed E-state index contributed by atoms with van der Waals surface area (Å²) >= 11 is 0. The lowest BCUT2D eigenvalue weighted by Gasteiger charge is -2.60. The van der Waals surface area contributed by atoms with E-state index < -0.39 is 0 Å². The Bertz CT molecular complexity index is 743. The van der Waals surface area contributed by atoms with Gasteiger partial charge in [0.15, 0.2) is 0 Å². The molecule has 188 valence electrons. The molecular weight excluding hydrogens is 408 g/mol. The van der Waals surface area contributed by atoms with Crippen molar-refractivity contribution in [3.05, 3.63) is 0 Å². The number of hydrogen-bond acceptors (Lipinski definition) is 3. The van der Waals surface area contributed by atoms with E-state index in [1.807, 2.05) is 0 Å². The van der Waals surface area contributed by atoms with Crippen LogP contribution in [0.15, 0.2) is 0 Å². The molecule has 4 rings (SSSR count). The molecule has 0 aliphatic heterocycles. The minimum Gasteiger partial charge on any atom is -0.463 e. The molecule has 0 aromatic heterocycles. The molecule has 0 unspecified atom stereocenters. The van der Waals surface area contributed by atoms with Crippen LogP contribution in [0.4, 0.5) is 0 Å². The first kappa shape index (κ1) is 25.2. The van der Waals surface area contributed by atoms with Crippen LogP contribution in [0.25, 0.3) is 0 Å². The van der Waals surface area contributed by atoms with E-state index in [-0.39, 0.29) is 23.4 Å². The van der Waals surface area contributed by atoms with Crippen LogP contribution in [-0.2, 0) is 14.3 Å². The van der Waals surface area contributed by atoms with Gasteiger partial charge in [-0.15, -0.1) is 0 Å². The Hall–Kier alpha value is -0.860. The average Bonchev–Trinajstić information content (AvgIpc) is 3.10. The number of carbonyl (C=O) groups excluding carboxylic acids is 2. The van der Waals surface area contributed by atoms with E-state index in [9.17, 15) is 9.59 Å². The summed E-state index contributed by atoms with van der Waals surface area (Å²) in [5, 5.41) is 0. The maximum atomic E-state index is 13.5. The zero-order valence-electron chi connectivity index (χ0n) is 22.5. The molecule has 4 saturated carbocycles. The average molecular weight is 459 g/mol. The summed E-state index contributed by atoms with van der Waals surface area (Å²) in [6, 6.07) is 0. The number of carbonyl (C=O) groups is 2. The van der Waals surface area contributed by atoms with Crippen molar-refractivity contribution in [2.75, 3.05) is 0 Å². The zero-order chi connectivity index (χ0) is 24.1. The van der Waals surface area contributed by atoms with Gasteiger partial charge in [0.25, 0.3) is 0 Å². The molecule has 4 aliphatic carbocycles. The fourth-order valence-corrected chi connectivity index (χ4v) is 9.38. The number of rotatable bonds is 6. The molecule has 0 spiro atoms. The number of fused-ring (bicyclic) bond motifs is 5. The van der Waals surface area contributed by atoms with E-state index in [1.54, 1.807) is 0 Å². The van der Waals surface area contributed by atoms with Gasteiger partial charge in [-0.1, -0.05) is 54.4 Å². The number of ketones is 1. The topological polar surface area (TPSA) is 43.4 Å². The quantitative estimate of drug-likeness (QED) is 0.388. The van der Waals surface area contributed by atoms with Gasteiger partial charge in [0.2, 0.25) is 0 Å². The highest BCUT2D eigenvalue weighted by Crippen LogP contribution is 2.68. The fraction of sp³-hybridized carbons (Fsp3) is 0.933. The summed E-state index contributed by atoms with van der Waals surface area (Å²) in [7, 11) is 0. The van der Waals surface area contributed by atoms with Gasteiger partial charge in [-0.3, -0.25) is 9.59 Å². The molecule has 0 heterocycles. The minimum atomic E-state index is -0.202. The number of hydrogen-bond donors (Lipinski definition) is 0. The lowest BCUT2D eigenvalue weighted by atomic mass is 9.44. The van der Waals surface area contributed by atoms with Crippen LogP contribution in [0.5, 0.6) is 0 Å². The lowest BCUT2D eigenvalue weighted by Crippen LogP contribution is -2.57. The third kappa shape index (κ3) is 4.44. The summed E-state index contributed by atoms with van der Waals surface area (Å²) < 4.78 is 5.56. The van der Waals surface area contributed by atoms with E-state index in [1.165, 1.54) is 45.4 Å². The molecule has 0 aromatic rings. The van der Waals surface area contributed by atoms with Gasteiger partial charge >= 0.3 is 5.97 Å². The molecule has 33 heavy (non-hydrogen) atoms. The fourth-order valence-electron chi connectivity index (χ4n) is 9.38. The standard InChI is InChI=1S/C30H50O3/c1-18(2)19(3)8-9-20(4)24-10-11-25-23-17-28(32)27-16-22(33-21(5)31)12-14-30(27,7)26(23)13-15-29(24,25)6/h18-20,22-27H,8-17H2,1-7H3/t19-,20+,22+,23+,24+,25-,26-,27+,29+,30-/m0/s1. The highest BCUT2D eigenvalue weighted by molar-refractivity contribution is 5.83. The van der Waals surface area contributed by atoms with Gasteiger partial charge in [0.05, 0.1) is 0 Å². The second kappa shape index (κ2) is 9.30. The van der Waals surface area contributed by atoms with Crippen molar-refractivity contribution in [1.29, 1.82) is 0 Å². The van der Waals surface area contributed by atoms with Gasteiger partial charge in [-0.05, 0) is 97.2 Å². The highest BCUT2D eigenvalue weighted by Gasteiger charge is 2.62. The molecule has 0 radical (unpaired) electrons. The largest absolute Gasteiger partial charge is 0.463 e. The monoisotopic (exact) mass is 458 g/mol. The molecule has 4 fully saturated rings. The van der Waals surface area contributed by atoms with Gasteiger partial charge in [-0.2, -0.15) is 0 Å². The van der Waals surface area contributed by atoms with Gasteiger partial charge < -0.3 is 4.74 Å². The van der Waals surface area contributed by atoms with Crippen LogP contribution in [0.1, 0.15) is 113 Å². The van der Waals surface area contributed by atoms with Crippen LogP contribution < -0.4 is 0 Å². The first-order chi connectivity index (χ1) is 15.5. The van der Waals surface area contributed by atoms with E-state index >= 15 is 0 Å². The van der Waals surface area contributed by atoms with Crippen LogP contribution in [-0.4, -0.2) is 17.9 Å². The normalized spacial score (nSPS) is 44.5. The van der Waals surface area contributed by atoms with E-state index in [2.05, 4.69) is 41.5 Å².